The fourth-order valence-corrected chi connectivity index (χ4v) is 1.37. The quantitative estimate of drug-likeness (QED) is 0.699. The minimum Gasteiger partial charge on any atom is -0.478 e. The van der Waals surface area contributed by atoms with Crippen molar-refractivity contribution in [2.45, 2.75) is 12.8 Å². The average molecular weight is 202 g/mol. The predicted molar refractivity (Wildman–Crippen MR) is 61.5 cm³/mol. The molecule has 0 amide bonds. The van der Waals surface area contributed by atoms with Gasteiger partial charge >= 0.3 is 5.97 Å². The minimum atomic E-state index is -0.981. The maximum Gasteiger partial charge on any atom is 0.327 e. The highest BCUT2D eigenvalue weighted by molar-refractivity contribution is 5.78. The van der Waals surface area contributed by atoms with E-state index in [1.165, 1.54) is 11.1 Å². The number of carboxylic acid groups (broad SMARTS) is 1. The molecule has 0 unspecified atom stereocenters. The van der Waals surface area contributed by atoms with Gasteiger partial charge in [0.1, 0.15) is 0 Å². The first-order valence-electron chi connectivity index (χ1n) is 4.81. The van der Waals surface area contributed by atoms with Crippen LogP contribution in [0.3, 0.4) is 0 Å². The van der Waals surface area contributed by atoms with Crippen molar-refractivity contribution in [3.05, 3.63) is 60.3 Å². The van der Waals surface area contributed by atoms with Crippen LogP contribution in [0.1, 0.15) is 12.8 Å². The molecule has 0 aromatic heterocycles. The van der Waals surface area contributed by atoms with Crippen LogP contribution < -0.4 is 0 Å². The van der Waals surface area contributed by atoms with Crippen molar-refractivity contribution in [2.24, 2.45) is 0 Å². The Morgan fingerprint density at radius 2 is 1.60 bits per heavy atom. The maximum atomic E-state index is 9.25. The Kier molecular flexibility index (Phi) is 4.35. The molecule has 0 aromatic carbocycles. The van der Waals surface area contributed by atoms with Crippen LogP contribution in [-0.2, 0) is 4.79 Å². The molecule has 0 bridgehead atoms. The van der Waals surface area contributed by atoms with Crippen molar-refractivity contribution >= 4 is 5.97 Å². The molecule has 0 saturated carbocycles. The van der Waals surface area contributed by atoms with E-state index in [-0.39, 0.29) is 0 Å². The predicted octanol–water partition coefficient (Wildman–Crippen LogP) is 3.02. The van der Waals surface area contributed by atoms with Gasteiger partial charge < -0.3 is 5.11 Å². The summed E-state index contributed by atoms with van der Waals surface area (Å²) >= 11 is 0. The molecular weight excluding hydrogens is 188 g/mol. The highest BCUT2D eigenvalue weighted by Crippen LogP contribution is 2.25. The van der Waals surface area contributed by atoms with Gasteiger partial charge in [-0.1, -0.05) is 43.0 Å². The van der Waals surface area contributed by atoms with Gasteiger partial charge in [-0.2, -0.15) is 0 Å². The molecule has 2 nitrogen and oxygen atoms in total. The molecule has 0 saturated heterocycles. The summed E-state index contributed by atoms with van der Waals surface area (Å²) < 4.78 is 0. The highest BCUT2D eigenvalue weighted by Gasteiger charge is 2.05. The highest BCUT2D eigenvalue weighted by atomic mass is 16.4. The Labute approximate surface area is 89.6 Å². The third-order valence-electron chi connectivity index (χ3n) is 2.13. The molecule has 0 spiro atoms. The van der Waals surface area contributed by atoms with E-state index in [0.29, 0.717) is 0 Å². The van der Waals surface area contributed by atoms with Gasteiger partial charge in [0, 0.05) is 6.08 Å². The van der Waals surface area contributed by atoms with Crippen LogP contribution in [0.25, 0.3) is 0 Å². The van der Waals surface area contributed by atoms with Crippen molar-refractivity contribution < 1.29 is 9.90 Å². The zero-order valence-electron chi connectivity index (χ0n) is 8.52. The summed E-state index contributed by atoms with van der Waals surface area (Å²) in [7, 11) is 0. The van der Waals surface area contributed by atoms with Gasteiger partial charge in [-0.15, -0.1) is 0 Å². The van der Waals surface area contributed by atoms with Crippen LogP contribution in [-0.4, -0.2) is 11.1 Å². The first-order valence-corrected chi connectivity index (χ1v) is 4.81. The second-order valence-electron chi connectivity index (χ2n) is 3.19. The summed E-state index contributed by atoms with van der Waals surface area (Å²) in [5.41, 5.74) is 2.98. The van der Waals surface area contributed by atoms with Crippen molar-refractivity contribution in [1.82, 2.24) is 0 Å². The van der Waals surface area contributed by atoms with Gasteiger partial charge in [0.15, 0.2) is 0 Å². The normalized spacial score (nSPS) is 16.5. The van der Waals surface area contributed by atoms with E-state index in [2.05, 4.69) is 43.0 Å². The number of hydrogen-bond acceptors (Lipinski definition) is 1. The molecule has 78 valence electrons. The Morgan fingerprint density at radius 3 is 1.80 bits per heavy atom. The van der Waals surface area contributed by atoms with Gasteiger partial charge in [-0.25, -0.2) is 4.79 Å². The lowest BCUT2D eigenvalue weighted by molar-refractivity contribution is -0.131. The van der Waals surface area contributed by atoms with Crippen LogP contribution in [0.15, 0.2) is 60.3 Å². The number of hydrogen-bond donors (Lipinski definition) is 1. The lowest BCUT2D eigenvalue weighted by Crippen LogP contribution is -1.82. The fourth-order valence-electron chi connectivity index (χ4n) is 1.37. The largest absolute Gasteiger partial charge is 0.478 e. The second kappa shape index (κ2) is 5.81. The SMILES string of the molecule is C1=CCC(C2=CC=CC2)=C1.C=CC(=O)O. The number of carbonyl (C=O) groups is 1. The zero-order chi connectivity index (χ0) is 11.1. The third kappa shape index (κ3) is 3.81. The van der Waals surface area contributed by atoms with Gasteiger partial charge in [0.2, 0.25) is 0 Å². The van der Waals surface area contributed by atoms with Crippen LogP contribution in [0.4, 0.5) is 0 Å². The number of carboxylic acids is 1. The van der Waals surface area contributed by atoms with Crippen LogP contribution >= 0.6 is 0 Å². The van der Waals surface area contributed by atoms with E-state index < -0.39 is 5.97 Å². The van der Waals surface area contributed by atoms with Crippen molar-refractivity contribution in [3.8, 4) is 0 Å². The standard InChI is InChI=1S/C10H10.C3H4O2/c1-2-6-9(5-1)10-7-3-4-8-10;1-2-3(4)5/h1-5,7H,6,8H2;2H,1H2,(H,4,5). The average Bonchev–Trinajstić information content (AvgIpc) is 2.90. The summed E-state index contributed by atoms with van der Waals surface area (Å²) in [6.07, 6.45) is 16.2. The van der Waals surface area contributed by atoms with Crippen LogP contribution in [0, 0.1) is 0 Å². The number of aliphatic carboxylic acids is 1. The van der Waals surface area contributed by atoms with E-state index >= 15 is 0 Å². The van der Waals surface area contributed by atoms with E-state index in [4.69, 9.17) is 5.11 Å². The van der Waals surface area contributed by atoms with Crippen LogP contribution in [0.5, 0.6) is 0 Å². The van der Waals surface area contributed by atoms with Gasteiger partial charge in [-0.3, -0.25) is 0 Å². The van der Waals surface area contributed by atoms with E-state index in [9.17, 15) is 4.79 Å². The molecule has 2 aliphatic rings. The van der Waals surface area contributed by atoms with Crippen molar-refractivity contribution in [1.29, 1.82) is 0 Å². The fraction of sp³-hybridized carbons (Fsp3) is 0.154. The molecule has 15 heavy (non-hydrogen) atoms. The third-order valence-corrected chi connectivity index (χ3v) is 2.13. The zero-order valence-corrected chi connectivity index (χ0v) is 8.52. The molecule has 0 heterocycles. The number of rotatable bonds is 2. The first-order chi connectivity index (χ1) is 7.24. The van der Waals surface area contributed by atoms with Gasteiger partial charge in [0.25, 0.3) is 0 Å². The minimum absolute atomic E-state index is 0.833. The van der Waals surface area contributed by atoms with Gasteiger partial charge in [0.05, 0.1) is 0 Å². The van der Waals surface area contributed by atoms with E-state index in [1.807, 2.05) is 0 Å². The smallest absolute Gasteiger partial charge is 0.327 e. The Morgan fingerprint density at radius 1 is 1.20 bits per heavy atom. The summed E-state index contributed by atoms with van der Waals surface area (Å²) in [6.45, 7) is 2.96. The molecule has 2 rings (SSSR count). The summed E-state index contributed by atoms with van der Waals surface area (Å²) in [6, 6.07) is 0. The lowest BCUT2D eigenvalue weighted by atomic mass is 10.1. The Hall–Kier alpha value is -1.83. The van der Waals surface area contributed by atoms with Crippen LogP contribution in [0.2, 0.25) is 0 Å². The molecule has 0 atom stereocenters. The van der Waals surface area contributed by atoms with Gasteiger partial charge in [-0.05, 0) is 24.0 Å². The summed E-state index contributed by atoms with van der Waals surface area (Å²) in [5, 5.41) is 7.60. The first kappa shape index (κ1) is 11.2. The molecule has 1 N–H and O–H groups in total. The molecular formula is C13H14O2. The molecule has 0 aromatic rings. The van der Waals surface area contributed by atoms with Crippen molar-refractivity contribution in [2.75, 3.05) is 0 Å². The molecule has 2 heteroatoms. The Bertz CT molecular complexity index is 340. The molecule has 0 fully saturated rings. The van der Waals surface area contributed by atoms with E-state index in [1.54, 1.807) is 0 Å². The monoisotopic (exact) mass is 202 g/mol. The molecule has 0 aliphatic heterocycles. The lowest BCUT2D eigenvalue weighted by Gasteiger charge is -1.99. The maximum absolute atomic E-state index is 9.25. The molecule has 2 aliphatic carbocycles. The topological polar surface area (TPSA) is 37.3 Å². The second-order valence-corrected chi connectivity index (χ2v) is 3.19. The summed E-state index contributed by atoms with van der Waals surface area (Å²) in [4.78, 5) is 9.25. The number of allylic oxidation sites excluding steroid dienone is 8. The molecule has 0 radical (unpaired) electrons. The van der Waals surface area contributed by atoms with E-state index in [0.717, 1.165) is 18.9 Å². The summed E-state index contributed by atoms with van der Waals surface area (Å²) in [5.74, 6) is -0.981. The van der Waals surface area contributed by atoms with Crippen molar-refractivity contribution in [3.63, 3.8) is 0 Å². The Balaban J connectivity index is 0.000000195.